The highest BCUT2D eigenvalue weighted by molar-refractivity contribution is 7.89. The van der Waals surface area contributed by atoms with Gasteiger partial charge in [0.25, 0.3) is 0 Å². The van der Waals surface area contributed by atoms with Gasteiger partial charge in [0.2, 0.25) is 15.9 Å². The number of nitrogens with zero attached hydrogens (tertiary/aromatic N) is 2. The molecule has 0 aliphatic heterocycles. The normalized spacial score (nSPS) is 12.6. The topological polar surface area (TPSA) is 85.1 Å². The highest BCUT2D eigenvalue weighted by Crippen LogP contribution is 2.21. The third kappa shape index (κ3) is 2.99. The van der Waals surface area contributed by atoms with Gasteiger partial charge < -0.3 is 4.52 Å². The number of aromatic nitrogens is 2. The molecular weight excluding hydrogens is 266 g/mol. The summed E-state index contributed by atoms with van der Waals surface area (Å²) in [6, 6.07) is 8.14. The molecule has 1 aromatic carbocycles. The Morgan fingerprint density at radius 1 is 1.21 bits per heavy atom. The van der Waals surface area contributed by atoms with Gasteiger partial charge in [-0.15, -0.1) is 0 Å². The van der Waals surface area contributed by atoms with Crippen molar-refractivity contribution >= 4 is 10.0 Å². The van der Waals surface area contributed by atoms with Crippen LogP contribution in [0.15, 0.2) is 39.8 Å². The fourth-order valence-electron chi connectivity index (χ4n) is 1.59. The van der Waals surface area contributed by atoms with Gasteiger partial charge in [-0.25, -0.2) is 8.42 Å². The number of hydrogen-bond donors (Lipinski definition) is 1. The van der Waals surface area contributed by atoms with Crippen molar-refractivity contribution in [1.29, 1.82) is 0 Å². The van der Waals surface area contributed by atoms with Crippen LogP contribution in [0.3, 0.4) is 0 Å². The van der Waals surface area contributed by atoms with Crippen LogP contribution in [0.5, 0.6) is 0 Å². The zero-order valence-corrected chi connectivity index (χ0v) is 11.7. The maximum Gasteiger partial charge on any atom is 0.247 e. The van der Waals surface area contributed by atoms with Crippen molar-refractivity contribution < 1.29 is 12.9 Å². The van der Waals surface area contributed by atoms with E-state index in [2.05, 4.69) is 14.9 Å². The van der Waals surface area contributed by atoms with E-state index in [-0.39, 0.29) is 10.8 Å². The van der Waals surface area contributed by atoms with Crippen molar-refractivity contribution in [1.82, 2.24) is 14.9 Å². The minimum absolute atomic E-state index is 0.194. The Labute approximate surface area is 111 Å². The number of aryl methyl sites for hydroxylation is 1. The van der Waals surface area contributed by atoms with E-state index in [4.69, 9.17) is 4.52 Å². The third-order valence-corrected chi connectivity index (χ3v) is 4.18. The fourth-order valence-corrected chi connectivity index (χ4v) is 2.98. The molecule has 19 heavy (non-hydrogen) atoms. The lowest BCUT2D eigenvalue weighted by atomic mass is 10.1. The molecule has 0 spiro atoms. The second kappa shape index (κ2) is 4.75. The highest BCUT2D eigenvalue weighted by Gasteiger charge is 2.32. The van der Waals surface area contributed by atoms with Gasteiger partial charge in [0.05, 0.1) is 4.90 Å². The number of benzene rings is 1. The SMILES string of the molecule is Cc1noc(C(C)(C)NS(=O)(=O)c2ccccc2)n1. The van der Waals surface area contributed by atoms with Crippen LogP contribution in [0.4, 0.5) is 0 Å². The predicted molar refractivity (Wildman–Crippen MR) is 68.8 cm³/mol. The summed E-state index contributed by atoms with van der Waals surface area (Å²) < 4.78 is 32.0. The van der Waals surface area contributed by atoms with E-state index in [1.54, 1.807) is 39.0 Å². The number of rotatable bonds is 4. The van der Waals surface area contributed by atoms with Crippen molar-refractivity contribution in [2.75, 3.05) is 0 Å². The predicted octanol–water partition coefficient (Wildman–Crippen LogP) is 1.59. The minimum atomic E-state index is -3.63. The summed E-state index contributed by atoms with van der Waals surface area (Å²) in [6.07, 6.45) is 0. The Hall–Kier alpha value is -1.73. The molecule has 0 aliphatic rings. The molecule has 7 heteroatoms. The molecule has 0 atom stereocenters. The maximum absolute atomic E-state index is 12.2. The van der Waals surface area contributed by atoms with Gasteiger partial charge in [0.15, 0.2) is 5.82 Å². The fraction of sp³-hybridized carbons (Fsp3) is 0.333. The van der Waals surface area contributed by atoms with E-state index in [0.717, 1.165) is 0 Å². The summed E-state index contributed by atoms with van der Waals surface area (Å²) in [5.41, 5.74) is -0.976. The highest BCUT2D eigenvalue weighted by atomic mass is 32.2. The molecule has 0 saturated carbocycles. The molecule has 0 bridgehead atoms. The van der Waals surface area contributed by atoms with E-state index in [1.807, 2.05) is 0 Å². The van der Waals surface area contributed by atoms with Crippen LogP contribution >= 0.6 is 0 Å². The monoisotopic (exact) mass is 281 g/mol. The first kappa shape index (κ1) is 13.7. The lowest BCUT2D eigenvalue weighted by Crippen LogP contribution is -2.41. The first-order valence-corrected chi connectivity index (χ1v) is 7.19. The van der Waals surface area contributed by atoms with Crippen molar-refractivity contribution in [2.24, 2.45) is 0 Å². The summed E-state index contributed by atoms with van der Waals surface area (Å²) in [6.45, 7) is 5.01. The smallest absolute Gasteiger partial charge is 0.247 e. The van der Waals surface area contributed by atoms with Crippen LogP contribution < -0.4 is 4.72 Å². The Balaban J connectivity index is 2.30. The van der Waals surface area contributed by atoms with Gasteiger partial charge in [-0.05, 0) is 32.9 Å². The number of nitrogens with one attached hydrogen (secondary N) is 1. The Morgan fingerprint density at radius 2 is 1.84 bits per heavy atom. The minimum Gasteiger partial charge on any atom is -0.337 e. The van der Waals surface area contributed by atoms with Crippen LogP contribution in [0.1, 0.15) is 25.6 Å². The molecule has 0 amide bonds. The molecule has 0 fully saturated rings. The molecule has 0 unspecified atom stereocenters. The lowest BCUT2D eigenvalue weighted by molar-refractivity contribution is 0.294. The number of sulfonamides is 1. The third-order valence-electron chi connectivity index (χ3n) is 2.51. The van der Waals surface area contributed by atoms with Gasteiger partial charge in [0, 0.05) is 0 Å². The molecule has 2 aromatic rings. The summed E-state index contributed by atoms with van der Waals surface area (Å²) in [4.78, 5) is 4.25. The quantitative estimate of drug-likeness (QED) is 0.919. The average molecular weight is 281 g/mol. The molecule has 0 radical (unpaired) electrons. The van der Waals surface area contributed by atoms with Crippen molar-refractivity contribution in [3.8, 4) is 0 Å². The second-order valence-corrected chi connectivity index (χ2v) is 6.37. The van der Waals surface area contributed by atoms with Crippen LogP contribution in [0.2, 0.25) is 0 Å². The molecule has 1 N–H and O–H groups in total. The largest absolute Gasteiger partial charge is 0.337 e. The molecule has 102 valence electrons. The molecule has 0 saturated heterocycles. The van der Waals surface area contributed by atoms with Crippen LogP contribution in [-0.4, -0.2) is 18.6 Å². The van der Waals surface area contributed by atoms with Crippen molar-refractivity contribution in [2.45, 2.75) is 31.2 Å². The lowest BCUT2D eigenvalue weighted by Gasteiger charge is -2.21. The van der Waals surface area contributed by atoms with Gasteiger partial charge in [-0.3, -0.25) is 0 Å². The van der Waals surface area contributed by atoms with E-state index in [1.165, 1.54) is 12.1 Å². The van der Waals surface area contributed by atoms with Gasteiger partial charge >= 0.3 is 0 Å². The molecule has 6 nitrogen and oxygen atoms in total. The Morgan fingerprint density at radius 3 is 2.37 bits per heavy atom. The molecule has 1 aromatic heterocycles. The summed E-state index contributed by atoms with van der Waals surface area (Å²) >= 11 is 0. The zero-order chi connectivity index (χ0) is 14.1. The van der Waals surface area contributed by atoms with Crippen LogP contribution in [-0.2, 0) is 15.6 Å². The summed E-state index contributed by atoms with van der Waals surface area (Å²) in [5, 5.41) is 3.66. The zero-order valence-electron chi connectivity index (χ0n) is 10.9. The summed E-state index contributed by atoms with van der Waals surface area (Å²) in [7, 11) is -3.63. The van der Waals surface area contributed by atoms with Gasteiger partial charge in [-0.1, -0.05) is 23.4 Å². The first-order valence-electron chi connectivity index (χ1n) is 5.71. The average Bonchev–Trinajstić information content (AvgIpc) is 2.77. The maximum atomic E-state index is 12.2. The van der Waals surface area contributed by atoms with Crippen molar-refractivity contribution in [3.05, 3.63) is 42.0 Å². The molecule has 2 rings (SSSR count). The van der Waals surface area contributed by atoms with E-state index in [0.29, 0.717) is 5.82 Å². The second-order valence-electron chi connectivity index (χ2n) is 4.69. The Bertz CT molecular complexity index is 663. The van der Waals surface area contributed by atoms with Crippen molar-refractivity contribution in [3.63, 3.8) is 0 Å². The summed E-state index contributed by atoms with van der Waals surface area (Å²) in [5.74, 6) is 0.687. The van der Waals surface area contributed by atoms with Gasteiger partial charge in [0.1, 0.15) is 5.54 Å². The van der Waals surface area contributed by atoms with Gasteiger partial charge in [-0.2, -0.15) is 9.71 Å². The molecular formula is C12H15N3O3S. The molecule has 1 heterocycles. The van der Waals surface area contributed by atoms with E-state index >= 15 is 0 Å². The van der Waals surface area contributed by atoms with E-state index < -0.39 is 15.6 Å². The molecule has 0 aliphatic carbocycles. The van der Waals surface area contributed by atoms with E-state index in [9.17, 15) is 8.42 Å². The first-order chi connectivity index (χ1) is 8.81. The van der Waals surface area contributed by atoms with Crippen LogP contribution in [0, 0.1) is 6.92 Å². The van der Waals surface area contributed by atoms with Crippen LogP contribution in [0.25, 0.3) is 0 Å². The Kier molecular flexibility index (Phi) is 3.42. The number of hydrogen-bond acceptors (Lipinski definition) is 5. The standard InChI is InChI=1S/C12H15N3O3S/c1-9-13-11(18-14-9)12(2,3)15-19(16,17)10-7-5-4-6-8-10/h4-8,15H,1-3H3.